The lowest BCUT2D eigenvalue weighted by Crippen LogP contribution is -2.48. The predicted octanol–water partition coefficient (Wildman–Crippen LogP) is 0.557. The van der Waals surface area contributed by atoms with Crippen molar-refractivity contribution in [1.29, 1.82) is 0 Å². The van der Waals surface area contributed by atoms with E-state index in [4.69, 9.17) is 9.84 Å². The molecule has 1 aliphatic heterocycles. The van der Waals surface area contributed by atoms with Gasteiger partial charge in [-0.05, 0) is 24.7 Å². The Morgan fingerprint density at radius 2 is 2.26 bits per heavy atom. The van der Waals surface area contributed by atoms with Crippen molar-refractivity contribution in [1.82, 2.24) is 10.6 Å². The van der Waals surface area contributed by atoms with Crippen LogP contribution in [0.2, 0.25) is 0 Å². The topological polar surface area (TPSA) is 70.6 Å². The predicted molar refractivity (Wildman–Crippen MR) is 77.5 cm³/mol. The SMILES string of the molecule is CC(C)CC(CCO)CNC(=O)C1CNCCO1.Cl. The third-order valence-corrected chi connectivity index (χ3v) is 3.13. The highest BCUT2D eigenvalue weighted by molar-refractivity contribution is 5.85. The fraction of sp³-hybridized carbons (Fsp3) is 0.923. The highest BCUT2D eigenvalue weighted by Gasteiger charge is 2.22. The minimum atomic E-state index is -0.368. The molecule has 1 heterocycles. The summed E-state index contributed by atoms with van der Waals surface area (Å²) in [6, 6.07) is 0. The number of morpholine rings is 1. The molecule has 0 spiro atoms. The molecule has 0 radical (unpaired) electrons. The van der Waals surface area contributed by atoms with E-state index in [-0.39, 0.29) is 31.0 Å². The van der Waals surface area contributed by atoms with Crippen LogP contribution in [0.4, 0.5) is 0 Å². The van der Waals surface area contributed by atoms with Crippen molar-refractivity contribution < 1.29 is 14.6 Å². The standard InChI is InChI=1S/C13H26N2O3.ClH/c1-10(2)7-11(3-5-16)8-15-13(17)12-9-14-4-6-18-12;/h10-12,14,16H,3-9H2,1-2H3,(H,15,17);1H. The average Bonchev–Trinajstić information content (AvgIpc) is 2.36. The Morgan fingerprint density at radius 3 is 2.79 bits per heavy atom. The van der Waals surface area contributed by atoms with Crippen LogP contribution < -0.4 is 10.6 Å². The van der Waals surface area contributed by atoms with Crippen molar-refractivity contribution in [3.8, 4) is 0 Å². The Kier molecular flexibility index (Phi) is 10.2. The molecule has 2 atom stereocenters. The second-order valence-electron chi connectivity index (χ2n) is 5.32. The highest BCUT2D eigenvalue weighted by atomic mass is 35.5. The number of rotatable bonds is 7. The van der Waals surface area contributed by atoms with Crippen LogP contribution in [0, 0.1) is 11.8 Å². The number of aliphatic hydroxyl groups excluding tert-OH is 1. The Bertz CT molecular complexity index is 246. The fourth-order valence-corrected chi connectivity index (χ4v) is 2.25. The van der Waals surface area contributed by atoms with Crippen molar-refractivity contribution in [2.24, 2.45) is 11.8 Å². The summed E-state index contributed by atoms with van der Waals surface area (Å²) < 4.78 is 5.39. The van der Waals surface area contributed by atoms with E-state index in [0.717, 1.165) is 19.4 Å². The molecule has 1 amide bonds. The first-order valence-corrected chi connectivity index (χ1v) is 6.84. The molecule has 0 saturated carbocycles. The van der Waals surface area contributed by atoms with Crippen molar-refractivity contribution in [3.63, 3.8) is 0 Å². The molecule has 6 heteroatoms. The van der Waals surface area contributed by atoms with Crippen molar-refractivity contribution in [3.05, 3.63) is 0 Å². The van der Waals surface area contributed by atoms with E-state index >= 15 is 0 Å². The van der Waals surface area contributed by atoms with Gasteiger partial charge in [0.05, 0.1) is 6.61 Å². The van der Waals surface area contributed by atoms with Crippen LogP contribution in [-0.2, 0) is 9.53 Å². The number of halogens is 1. The van der Waals surface area contributed by atoms with E-state index in [1.807, 2.05) is 0 Å². The molecule has 1 saturated heterocycles. The van der Waals surface area contributed by atoms with Crippen LogP contribution in [0.5, 0.6) is 0 Å². The molecular formula is C13H27ClN2O3. The van der Waals surface area contributed by atoms with Gasteiger partial charge >= 0.3 is 0 Å². The van der Waals surface area contributed by atoms with Gasteiger partial charge in [0.2, 0.25) is 5.91 Å². The number of carbonyl (C=O) groups is 1. The van der Waals surface area contributed by atoms with Gasteiger partial charge in [-0.1, -0.05) is 13.8 Å². The quantitative estimate of drug-likeness (QED) is 0.642. The average molecular weight is 295 g/mol. The fourth-order valence-electron chi connectivity index (χ4n) is 2.25. The van der Waals surface area contributed by atoms with Crippen LogP contribution in [0.25, 0.3) is 0 Å². The third-order valence-electron chi connectivity index (χ3n) is 3.13. The smallest absolute Gasteiger partial charge is 0.250 e. The van der Waals surface area contributed by atoms with Gasteiger partial charge < -0.3 is 20.5 Å². The number of carbonyl (C=O) groups excluding carboxylic acids is 1. The zero-order valence-electron chi connectivity index (χ0n) is 11.9. The molecule has 1 fully saturated rings. The van der Waals surface area contributed by atoms with Crippen LogP contribution >= 0.6 is 12.4 Å². The summed E-state index contributed by atoms with van der Waals surface area (Å²) in [5.41, 5.74) is 0. The first-order valence-electron chi connectivity index (χ1n) is 6.84. The molecule has 19 heavy (non-hydrogen) atoms. The van der Waals surface area contributed by atoms with Gasteiger partial charge in [0, 0.05) is 26.2 Å². The van der Waals surface area contributed by atoms with Gasteiger partial charge in [-0.25, -0.2) is 0 Å². The van der Waals surface area contributed by atoms with Crippen LogP contribution in [0.15, 0.2) is 0 Å². The molecule has 0 aliphatic carbocycles. The van der Waals surface area contributed by atoms with Crippen molar-refractivity contribution in [2.75, 3.05) is 32.8 Å². The molecule has 1 aliphatic rings. The summed E-state index contributed by atoms with van der Waals surface area (Å²) in [6.45, 7) is 7.09. The molecule has 0 aromatic heterocycles. The summed E-state index contributed by atoms with van der Waals surface area (Å²) in [5, 5.41) is 15.1. The lowest BCUT2D eigenvalue weighted by atomic mass is 9.94. The molecule has 0 bridgehead atoms. The molecule has 0 aromatic carbocycles. The summed E-state index contributed by atoms with van der Waals surface area (Å²) >= 11 is 0. The summed E-state index contributed by atoms with van der Waals surface area (Å²) in [7, 11) is 0. The molecule has 5 nitrogen and oxygen atoms in total. The Labute approximate surface area is 121 Å². The van der Waals surface area contributed by atoms with Crippen LogP contribution in [0.1, 0.15) is 26.7 Å². The van der Waals surface area contributed by atoms with Crippen molar-refractivity contribution in [2.45, 2.75) is 32.8 Å². The second kappa shape index (κ2) is 10.4. The summed E-state index contributed by atoms with van der Waals surface area (Å²) in [6.07, 6.45) is 1.39. The maximum Gasteiger partial charge on any atom is 0.250 e. The van der Waals surface area contributed by atoms with Crippen LogP contribution in [0.3, 0.4) is 0 Å². The van der Waals surface area contributed by atoms with Gasteiger partial charge in [-0.15, -0.1) is 12.4 Å². The number of aliphatic hydroxyl groups is 1. The zero-order valence-corrected chi connectivity index (χ0v) is 12.7. The molecule has 114 valence electrons. The largest absolute Gasteiger partial charge is 0.396 e. The van der Waals surface area contributed by atoms with E-state index in [0.29, 0.717) is 31.5 Å². The van der Waals surface area contributed by atoms with Crippen LogP contribution in [-0.4, -0.2) is 50.0 Å². The Balaban J connectivity index is 0.00000324. The lowest BCUT2D eigenvalue weighted by molar-refractivity contribution is -0.134. The third kappa shape index (κ3) is 7.72. The molecular weight excluding hydrogens is 268 g/mol. The monoisotopic (exact) mass is 294 g/mol. The van der Waals surface area contributed by atoms with E-state index in [2.05, 4.69) is 24.5 Å². The minimum absolute atomic E-state index is 0. The lowest BCUT2D eigenvalue weighted by Gasteiger charge is -2.24. The molecule has 0 aromatic rings. The van der Waals surface area contributed by atoms with Crippen molar-refractivity contribution >= 4 is 18.3 Å². The normalized spacial score (nSPS) is 20.7. The number of amides is 1. The first kappa shape index (κ1) is 18.6. The minimum Gasteiger partial charge on any atom is -0.396 e. The first-order chi connectivity index (χ1) is 8.63. The maximum absolute atomic E-state index is 11.9. The van der Waals surface area contributed by atoms with Gasteiger partial charge in [0.25, 0.3) is 0 Å². The van der Waals surface area contributed by atoms with Gasteiger partial charge in [0.15, 0.2) is 0 Å². The number of hydrogen-bond acceptors (Lipinski definition) is 4. The number of nitrogens with one attached hydrogen (secondary N) is 2. The maximum atomic E-state index is 11.9. The van der Waals surface area contributed by atoms with Gasteiger partial charge in [0.1, 0.15) is 6.10 Å². The summed E-state index contributed by atoms with van der Waals surface area (Å²) in [4.78, 5) is 11.9. The molecule has 3 N–H and O–H groups in total. The number of ether oxygens (including phenoxy) is 1. The van der Waals surface area contributed by atoms with E-state index in [1.165, 1.54) is 0 Å². The summed E-state index contributed by atoms with van der Waals surface area (Å²) in [5.74, 6) is 0.871. The highest BCUT2D eigenvalue weighted by Crippen LogP contribution is 2.14. The number of hydrogen-bond donors (Lipinski definition) is 3. The Morgan fingerprint density at radius 1 is 1.53 bits per heavy atom. The molecule has 1 rings (SSSR count). The van der Waals surface area contributed by atoms with E-state index < -0.39 is 0 Å². The Hall–Kier alpha value is -0.360. The molecule has 2 unspecified atom stereocenters. The van der Waals surface area contributed by atoms with E-state index in [9.17, 15) is 4.79 Å². The zero-order chi connectivity index (χ0) is 13.4. The second-order valence-corrected chi connectivity index (χ2v) is 5.32. The van der Waals surface area contributed by atoms with E-state index in [1.54, 1.807) is 0 Å². The van der Waals surface area contributed by atoms with Gasteiger partial charge in [-0.2, -0.15) is 0 Å². The van der Waals surface area contributed by atoms with Gasteiger partial charge in [-0.3, -0.25) is 4.79 Å².